The molecule has 4 rings (SSSR count). The molecule has 4 aromatic rings. The molecule has 0 saturated carbocycles. The predicted molar refractivity (Wildman–Crippen MR) is 124 cm³/mol. The molecular weight excluding hydrogens is 392 g/mol. The highest BCUT2D eigenvalue weighted by Crippen LogP contribution is 2.33. The molecule has 4 nitrogen and oxygen atoms in total. The van der Waals surface area contributed by atoms with Crippen LogP contribution in [0.2, 0.25) is 0 Å². The molecule has 0 bridgehead atoms. The normalized spacial score (nSPS) is 10.9. The third kappa shape index (κ3) is 4.21. The van der Waals surface area contributed by atoms with Gasteiger partial charge in [-0.05, 0) is 56.2 Å². The Morgan fingerprint density at radius 3 is 2.57 bits per heavy atom. The fourth-order valence-corrected chi connectivity index (χ4v) is 4.45. The van der Waals surface area contributed by atoms with E-state index in [0.717, 1.165) is 32.7 Å². The number of carbonyl (C=O) groups is 1. The Hall–Kier alpha value is -3.18. The maximum atomic E-state index is 13.6. The first kappa shape index (κ1) is 20.1. The number of carbonyl (C=O) groups excluding carboxylic acids is 1. The van der Waals surface area contributed by atoms with Crippen molar-refractivity contribution < 1.29 is 9.53 Å². The zero-order chi connectivity index (χ0) is 21.1. The van der Waals surface area contributed by atoms with Crippen molar-refractivity contribution in [3.8, 4) is 5.75 Å². The van der Waals surface area contributed by atoms with Crippen LogP contribution >= 0.6 is 11.3 Å². The topological polar surface area (TPSA) is 42.4 Å². The number of benzene rings is 3. The molecule has 0 radical (unpaired) electrons. The van der Waals surface area contributed by atoms with E-state index in [1.54, 1.807) is 4.90 Å². The standard InChI is InChI=1S/C25H24N2O2S/c1-4-29-20-11-13-22-23(15-20)30-25(26-22)27(16-19-8-6-5-7-9-19)24(28)21-12-10-17(2)14-18(21)3/h5-15H,4,16H2,1-3H3. The number of thiazole rings is 1. The first-order chi connectivity index (χ1) is 14.5. The number of ether oxygens (including phenoxy) is 1. The highest BCUT2D eigenvalue weighted by molar-refractivity contribution is 7.22. The van der Waals surface area contributed by atoms with Crippen LogP contribution in [0.25, 0.3) is 10.2 Å². The maximum Gasteiger partial charge on any atom is 0.260 e. The first-order valence-electron chi connectivity index (χ1n) is 10.0. The zero-order valence-electron chi connectivity index (χ0n) is 17.4. The van der Waals surface area contributed by atoms with E-state index in [2.05, 4.69) is 0 Å². The van der Waals surface area contributed by atoms with Crippen molar-refractivity contribution in [2.75, 3.05) is 11.5 Å². The van der Waals surface area contributed by atoms with Crippen molar-refractivity contribution in [2.24, 2.45) is 0 Å². The van der Waals surface area contributed by atoms with Crippen LogP contribution in [0, 0.1) is 13.8 Å². The Kier molecular flexibility index (Phi) is 5.81. The van der Waals surface area contributed by atoms with Gasteiger partial charge >= 0.3 is 0 Å². The summed E-state index contributed by atoms with van der Waals surface area (Å²) in [5, 5.41) is 0.687. The number of amides is 1. The van der Waals surface area contributed by atoms with Crippen LogP contribution in [0.3, 0.4) is 0 Å². The molecule has 30 heavy (non-hydrogen) atoms. The molecule has 0 spiro atoms. The van der Waals surface area contributed by atoms with Gasteiger partial charge in [0, 0.05) is 5.56 Å². The van der Waals surface area contributed by atoms with E-state index in [9.17, 15) is 4.79 Å². The fraction of sp³-hybridized carbons (Fsp3) is 0.200. The average molecular weight is 417 g/mol. The molecule has 152 valence electrons. The molecule has 0 atom stereocenters. The number of anilines is 1. The van der Waals surface area contributed by atoms with Gasteiger partial charge in [-0.15, -0.1) is 0 Å². The quantitative estimate of drug-likeness (QED) is 0.378. The van der Waals surface area contributed by atoms with Crippen LogP contribution in [0.4, 0.5) is 5.13 Å². The molecular formula is C25H24N2O2S. The van der Waals surface area contributed by atoms with Crippen LogP contribution in [0.1, 0.15) is 34.0 Å². The van der Waals surface area contributed by atoms with Gasteiger partial charge in [0.25, 0.3) is 5.91 Å². The van der Waals surface area contributed by atoms with E-state index in [0.29, 0.717) is 23.8 Å². The SMILES string of the molecule is CCOc1ccc2nc(N(Cc3ccccc3)C(=O)c3ccc(C)cc3C)sc2c1. The summed E-state index contributed by atoms with van der Waals surface area (Å²) in [6, 6.07) is 21.8. The number of rotatable bonds is 6. The summed E-state index contributed by atoms with van der Waals surface area (Å²) in [5.74, 6) is 0.774. The smallest absolute Gasteiger partial charge is 0.260 e. The largest absolute Gasteiger partial charge is 0.494 e. The van der Waals surface area contributed by atoms with E-state index >= 15 is 0 Å². The van der Waals surface area contributed by atoms with Crippen molar-refractivity contribution in [1.29, 1.82) is 0 Å². The minimum Gasteiger partial charge on any atom is -0.494 e. The Morgan fingerprint density at radius 2 is 1.83 bits per heavy atom. The molecule has 1 heterocycles. The predicted octanol–water partition coefficient (Wildman–Crippen LogP) is 6.16. The van der Waals surface area contributed by atoms with E-state index in [4.69, 9.17) is 9.72 Å². The fourth-order valence-electron chi connectivity index (χ4n) is 3.46. The Labute approximate surface area is 180 Å². The zero-order valence-corrected chi connectivity index (χ0v) is 18.2. The summed E-state index contributed by atoms with van der Waals surface area (Å²) in [7, 11) is 0. The summed E-state index contributed by atoms with van der Waals surface area (Å²) in [5.41, 5.74) is 4.74. The van der Waals surface area contributed by atoms with Gasteiger partial charge in [0.15, 0.2) is 5.13 Å². The molecule has 0 aliphatic rings. The maximum absolute atomic E-state index is 13.6. The third-order valence-electron chi connectivity index (χ3n) is 4.93. The molecule has 0 unspecified atom stereocenters. The molecule has 0 aliphatic carbocycles. The summed E-state index contributed by atoms with van der Waals surface area (Å²) in [4.78, 5) is 20.1. The Bertz CT molecular complexity index is 1180. The van der Waals surface area contributed by atoms with Crippen molar-refractivity contribution in [3.05, 3.63) is 89.0 Å². The van der Waals surface area contributed by atoms with Gasteiger partial charge in [-0.25, -0.2) is 4.98 Å². The van der Waals surface area contributed by atoms with Gasteiger partial charge in [-0.3, -0.25) is 9.69 Å². The minimum atomic E-state index is -0.0413. The first-order valence-corrected chi connectivity index (χ1v) is 10.8. The van der Waals surface area contributed by atoms with Crippen LogP contribution in [-0.4, -0.2) is 17.5 Å². The second-order valence-corrected chi connectivity index (χ2v) is 8.26. The second-order valence-electron chi connectivity index (χ2n) is 7.25. The molecule has 0 N–H and O–H groups in total. The van der Waals surface area contributed by atoms with Crippen LogP contribution < -0.4 is 9.64 Å². The lowest BCUT2D eigenvalue weighted by molar-refractivity contribution is 0.0984. The summed E-state index contributed by atoms with van der Waals surface area (Å²) in [6.07, 6.45) is 0. The van der Waals surface area contributed by atoms with Crippen molar-refractivity contribution in [1.82, 2.24) is 4.98 Å². The van der Waals surface area contributed by atoms with Gasteiger partial charge in [0.05, 0.1) is 23.4 Å². The van der Waals surface area contributed by atoms with E-state index in [1.807, 2.05) is 87.5 Å². The van der Waals surface area contributed by atoms with E-state index in [1.165, 1.54) is 11.3 Å². The summed E-state index contributed by atoms with van der Waals surface area (Å²) >= 11 is 1.51. The second kappa shape index (κ2) is 8.67. The molecule has 1 aromatic heterocycles. The number of aryl methyl sites for hydroxylation is 2. The Balaban J connectivity index is 1.76. The lowest BCUT2D eigenvalue weighted by atomic mass is 10.0. The number of hydrogen-bond acceptors (Lipinski definition) is 4. The van der Waals surface area contributed by atoms with Crippen molar-refractivity contribution >= 4 is 32.6 Å². The lowest BCUT2D eigenvalue weighted by Gasteiger charge is -2.21. The van der Waals surface area contributed by atoms with Crippen molar-refractivity contribution in [2.45, 2.75) is 27.3 Å². The monoisotopic (exact) mass is 416 g/mol. The van der Waals surface area contributed by atoms with Gasteiger partial charge in [0.1, 0.15) is 5.75 Å². The average Bonchev–Trinajstić information content (AvgIpc) is 3.15. The molecule has 0 aliphatic heterocycles. The van der Waals surface area contributed by atoms with Gasteiger partial charge in [-0.1, -0.05) is 59.4 Å². The van der Waals surface area contributed by atoms with Gasteiger partial charge < -0.3 is 4.74 Å². The minimum absolute atomic E-state index is 0.0413. The van der Waals surface area contributed by atoms with Crippen molar-refractivity contribution in [3.63, 3.8) is 0 Å². The lowest BCUT2D eigenvalue weighted by Crippen LogP contribution is -2.30. The number of fused-ring (bicyclic) bond motifs is 1. The molecule has 5 heteroatoms. The van der Waals surface area contributed by atoms with Crippen LogP contribution in [0.5, 0.6) is 5.75 Å². The molecule has 0 fully saturated rings. The molecule has 1 amide bonds. The Morgan fingerprint density at radius 1 is 1.03 bits per heavy atom. The van der Waals surface area contributed by atoms with Gasteiger partial charge in [0.2, 0.25) is 0 Å². The van der Waals surface area contributed by atoms with E-state index in [-0.39, 0.29) is 5.91 Å². The summed E-state index contributed by atoms with van der Waals surface area (Å²) in [6.45, 7) is 7.06. The number of nitrogens with zero attached hydrogens (tertiary/aromatic N) is 2. The number of hydrogen-bond donors (Lipinski definition) is 0. The highest BCUT2D eigenvalue weighted by atomic mass is 32.1. The third-order valence-corrected chi connectivity index (χ3v) is 5.97. The highest BCUT2D eigenvalue weighted by Gasteiger charge is 2.23. The van der Waals surface area contributed by atoms with E-state index < -0.39 is 0 Å². The molecule has 0 saturated heterocycles. The van der Waals surface area contributed by atoms with Gasteiger partial charge in [-0.2, -0.15) is 0 Å². The molecule has 3 aromatic carbocycles. The van der Waals surface area contributed by atoms with Crippen LogP contribution in [0.15, 0.2) is 66.7 Å². The number of aromatic nitrogens is 1. The van der Waals surface area contributed by atoms with Crippen LogP contribution in [-0.2, 0) is 6.54 Å². The summed E-state index contributed by atoms with van der Waals surface area (Å²) < 4.78 is 6.62.